The van der Waals surface area contributed by atoms with Crippen LogP contribution in [0, 0.1) is 5.41 Å². The molecule has 0 spiro atoms. The minimum Gasteiger partial charge on any atom is -0.457 e. The number of hydrogen-bond donors (Lipinski definition) is 1. The molecule has 0 bridgehead atoms. The molecule has 0 unspecified atom stereocenters. The van der Waals surface area contributed by atoms with Crippen molar-refractivity contribution in [2.75, 3.05) is 13.2 Å². The van der Waals surface area contributed by atoms with E-state index in [2.05, 4.69) is 5.32 Å². The van der Waals surface area contributed by atoms with Crippen molar-refractivity contribution in [3.63, 3.8) is 0 Å². The van der Waals surface area contributed by atoms with E-state index in [0.717, 1.165) is 11.1 Å². The van der Waals surface area contributed by atoms with Gasteiger partial charge in [-0.05, 0) is 30.2 Å². The second-order valence-electron chi connectivity index (χ2n) is 6.53. The molecule has 26 heavy (non-hydrogen) atoms. The Balaban J connectivity index is 1.50. The molecule has 3 rings (SSSR count). The van der Waals surface area contributed by atoms with Crippen LogP contribution in [0.4, 0.5) is 0 Å². The first-order valence-corrected chi connectivity index (χ1v) is 8.39. The largest absolute Gasteiger partial charge is 0.457 e. The molecule has 1 aliphatic heterocycles. The van der Waals surface area contributed by atoms with Crippen molar-refractivity contribution < 1.29 is 24.1 Å². The maximum atomic E-state index is 12.2. The average Bonchev–Trinajstić information content (AvgIpc) is 3.13. The molecule has 0 aliphatic carbocycles. The minimum absolute atomic E-state index is 0.124. The molecule has 1 fully saturated rings. The number of nitrogens with one attached hydrogen (secondary N) is 1. The Bertz CT molecular complexity index is 752. The predicted octanol–water partition coefficient (Wildman–Crippen LogP) is 2.63. The van der Waals surface area contributed by atoms with Gasteiger partial charge < -0.3 is 10.1 Å². The lowest BCUT2D eigenvalue weighted by molar-refractivity contribution is -0.248. The zero-order valence-electron chi connectivity index (χ0n) is 14.6. The highest BCUT2D eigenvalue weighted by Gasteiger charge is 2.39. The van der Waals surface area contributed by atoms with Crippen molar-refractivity contribution in [3.05, 3.63) is 71.3 Å². The quantitative estimate of drug-likeness (QED) is 0.637. The van der Waals surface area contributed by atoms with E-state index in [9.17, 15) is 9.59 Å². The normalized spacial score (nSPS) is 15.4. The third-order valence-electron chi connectivity index (χ3n) is 4.24. The Morgan fingerprint density at radius 3 is 2.31 bits per heavy atom. The Kier molecular flexibility index (Phi) is 5.65. The van der Waals surface area contributed by atoms with Gasteiger partial charge in [-0.2, -0.15) is 0 Å². The van der Waals surface area contributed by atoms with Crippen LogP contribution in [-0.2, 0) is 32.5 Å². The number of carbonyl (C=O) groups excluding carboxylic acids is 2. The molecule has 1 amide bonds. The smallest absolute Gasteiger partial charge is 0.338 e. The van der Waals surface area contributed by atoms with Crippen molar-refractivity contribution >= 4 is 11.9 Å². The number of carbonyl (C=O) groups is 2. The topological polar surface area (TPSA) is 73.9 Å². The second kappa shape index (κ2) is 8.12. The van der Waals surface area contributed by atoms with E-state index in [1.807, 2.05) is 30.3 Å². The van der Waals surface area contributed by atoms with Crippen LogP contribution >= 0.6 is 0 Å². The average molecular weight is 355 g/mol. The predicted molar refractivity (Wildman–Crippen MR) is 93.9 cm³/mol. The second-order valence-corrected chi connectivity index (χ2v) is 6.53. The lowest BCUT2D eigenvalue weighted by Crippen LogP contribution is -2.40. The van der Waals surface area contributed by atoms with Gasteiger partial charge >= 0.3 is 5.97 Å². The molecule has 0 atom stereocenters. The van der Waals surface area contributed by atoms with Gasteiger partial charge in [0.25, 0.3) is 0 Å². The zero-order chi connectivity index (χ0) is 18.4. The number of esters is 1. The van der Waals surface area contributed by atoms with Crippen LogP contribution in [0.15, 0.2) is 54.6 Å². The molecule has 1 heterocycles. The standard InChI is InChI=1S/C20H21NO5/c1-20(13-25-26-14-20)19(23)21-11-15-7-9-17(10-8-15)18(22)24-12-16-5-3-2-4-6-16/h2-10H,11-14H2,1H3,(H,21,23). The Labute approximate surface area is 152 Å². The van der Waals surface area contributed by atoms with E-state index in [4.69, 9.17) is 14.5 Å². The summed E-state index contributed by atoms with van der Waals surface area (Å²) in [7, 11) is 0. The maximum absolute atomic E-state index is 12.2. The fourth-order valence-corrected chi connectivity index (χ4v) is 2.48. The monoisotopic (exact) mass is 355 g/mol. The van der Waals surface area contributed by atoms with Crippen molar-refractivity contribution in [2.45, 2.75) is 20.1 Å². The number of hydrogen-bond acceptors (Lipinski definition) is 5. The van der Waals surface area contributed by atoms with E-state index >= 15 is 0 Å². The third kappa shape index (κ3) is 4.47. The van der Waals surface area contributed by atoms with Gasteiger partial charge in [0.05, 0.1) is 24.2 Å². The van der Waals surface area contributed by atoms with Crippen molar-refractivity contribution in [2.24, 2.45) is 5.41 Å². The molecule has 136 valence electrons. The Morgan fingerprint density at radius 1 is 1.00 bits per heavy atom. The highest BCUT2D eigenvalue weighted by atomic mass is 17.2. The summed E-state index contributed by atoms with van der Waals surface area (Å²) in [5.41, 5.74) is 1.64. The van der Waals surface area contributed by atoms with Gasteiger partial charge in [0.1, 0.15) is 6.61 Å². The van der Waals surface area contributed by atoms with Crippen molar-refractivity contribution in [3.8, 4) is 0 Å². The highest BCUT2D eigenvalue weighted by Crippen LogP contribution is 2.23. The lowest BCUT2D eigenvalue weighted by atomic mass is 9.92. The first-order chi connectivity index (χ1) is 12.6. The SMILES string of the molecule is CC1(C(=O)NCc2ccc(C(=O)OCc3ccccc3)cc2)COOC1. The first-order valence-electron chi connectivity index (χ1n) is 8.39. The highest BCUT2D eigenvalue weighted by molar-refractivity contribution is 5.89. The lowest BCUT2D eigenvalue weighted by Gasteiger charge is -2.18. The van der Waals surface area contributed by atoms with Gasteiger partial charge in [0, 0.05) is 6.54 Å². The molecule has 6 heteroatoms. The van der Waals surface area contributed by atoms with Crippen LogP contribution in [0.2, 0.25) is 0 Å². The molecule has 1 aliphatic rings. The van der Waals surface area contributed by atoms with Crippen molar-refractivity contribution in [1.82, 2.24) is 5.32 Å². The summed E-state index contributed by atoms with van der Waals surface area (Å²) in [4.78, 5) is 33.9. The summed E-state index contributed by atoms with van der Waals surface area (Å²) in [5, 5.41) is 2.86. The number of amides is 1. The van der Waals surface area contributed by atoms with E-state index in [1.165, 1.54) is 0 Å². The number of benzene rings is 2. The molecule has 0 radical (unpaired) electrons. The number of ether oxygens (including phenoxy) is 1. The van der Waals surface area contributed by atoms with Gasteiger partial charge in [-0.15, -0.1) is 0 Å². The maximum Gasteiger partial charge on any atom is 0.338 e. The molecule has 1 saturated heterocycles. The van der Waals surface area contributed by atoms with E-state index in [1.54, 1.807) is 31.2 Å². The van der Waals surface area contributed by atoms with Gasteiger partial charge in [0.15, 0.2) is 0 Å². The molecule has 0 aromatic heterocycles. The molecular formula is C20H21NO5. The summed E-state index contributed by atoms with van der Waals surface area (Å²) >= 11 is 0. The first kappa shape index (κ1) is 18.1. The summed E-state index contributed by atoms with van der Waals surface area (Å²) < 4.78 is 5.30. The molecule has 0 saturated carbocycles. The summed E-state index contributed by atoms with van der Waals surface area (Å²) in [6, 6.07) is 16.5. The van der Waals surface area contributed by atoms with Gasteiger partial charge in [-0.25, -0.2) is 14.6 Å². The molecule has 1 N–H and O–H groups in total. The minimum atomic E-state index is -0.665. The summed E-state index contributed by atoms with van der Waals surface area (Å²) in [6.07, 6.45) is 0. The molecular weight excluding hydrogens is 334 g/mol. The van der Waals surface area contributed by atoms with E-state index < -0.39 is 5.41 Å². The Morgan fingerprint density at radius 2 is 1.65 bits per heavy atom. The fraction of sp³-hybridized carbons (Fsp3) is 0.300. The third-order valence-corrected chi connectivity index (χ3v) is 4.24. The van der Waals surface area contributed by atoms with Gasteiger partial charge in [0.2, 0.25) is 5.91 Å². The van der Waals surface area contributed by atoms with Gasteiger partial charge in [-0.1, -0.05) is 42.5 Å². The van der Waals surface area contributed by atoms with Crippen molar-refractivity contribution in [1.29, 1.82) is 0 Å². The van der Waals surface area contributed by atoms with Crippen LogP contribution in [-0.4, -0.2) is 25.1 Å². The zero-order valence-corrected chi connectivity index (χ0v) is 14.6. The summed E-state index contributed by atoms with van der Waals surface area (Å²) in [6.45, 7) is 2.88. The fourth-order valence-electron chi connectivity index (χ4n) is 2.48. The van der Waals surface area contributed by atoms with Crippen LogP contribution in [0.3, 0.4) is 0 Å². The molecule has 2 aromatic carbocycles. The van der Waals surface area contributed by atoms with Crippen LogP contribution < -0.4 is 5.32 Å². The van der Waals surface area contributed by atoms with Crippen LogP contribution in [0.1, 0.15) is 28.4 Å². The Hall–Kier alpha value is -2.70. The molecule has 6 nitrogen and oxygen atoms in total. The van der Waals surface area contributed by atoms with Crippen LogP contribution in [0.25, 0.3) is 0 Å². The van der Waals surface area contributed by atoms with E-state index in [0.29, 0.717) is 12.1 Å². The number of rotatable bonds is 6. The van der Waals surface area contributed by atoms with Crippen LogP contribution in [0.5, 0.6) is 0 Å². The van der Waals surface area contributed by atoms with Gasteiger partial charge in [-0.3, -0.25) is 4.79 Å². The summed E-state index contributed by atoms with van der Waals surface area (Å²) in [5.74, 6) is -0.501. The van der Waals surface area contributed by atoms with E-state index in [-0.39, 0.29) is 31.7 Å². The molecule has 2 aromatic rings.